The topological polar surface area (TPSA) is 53.1 Å². The highest BCUT2D eigenvalue weighted by Crippen LogP contribution is 2.36. The highest BCUT2D eigenvalue weighted by atomic mass is 19.4. The maximum Gasteiger partial charge on any atom is 0.393 e. The smallest absolute Gasteiger partial charge is 0.393 e. The van der Waals surface area contributed by atoms with Crippen LogP contribution in [0.5, 0.6) is 0 Å². The molecule has 1 aliphatic rings. The van der Waals surface area contributed by atoms with Gasteiger partial charge in [-0.05, 0) is 31.0 Å². The maximum absolute atomic E-state index is 12.8. The van der Waals surface area contributed by atoms with Gasteiger partial charge in [-0.3, -0.25) is 0 Å². The molecular weight excluding hydrogens is 255 g/mol. The third-order valence-electron chi connectivity index (χ3n) is 3.38. The van der Waals surface area contributed by atoms with Crippen LogP contribution in [0.4, 0.5) is 24.5 Å². The summed E-state index contributed by atoms with van der Waals surface area (Å²) in [7, 11) is 0. The number of rotatable bonds is 1. The van der Waals surface area contributed by atoms with Crippen LogP contribution in [0, 0.1) is 17.2 Å². The Morgan fingerprint density at radius 2 is 2.11 bits per heavy atom. The minimum Gasteiger partial charge on any atom is -0.397 e. The molecule has 0 aliphatic carbocycles. The fourth-order valence-electron chi connectivity index (χ4n) is 2.35. The Balaban J connectivity index is 2.25. The number of nitrogens with zero attached hydrogens (tertiary/aromatic N) is 2. The second kappa shape index (κ2) is 5.00. The lowest BCUT2D eigenvalue weighted by atomic mass is 9.96. The van der Waals surface area contributed by atoms with Crippen molar-refractivity contribution in [2.75, 3.05) is 23.7 Å². The van der Waals surface area contributed by atoms with E-state index in [1.54, 1.807) is 23.1 Å². The molecule has 3 nitrogen and oxygen atoms in total. The van der Waals surface area contributed by atoms with Gasteiger partial charge in [0.05, 0.1) is 28.9 Å². The molecule has 2 N–H and O–H groups in total. The molecule has 0 aromatic heterocycles. The standard InChI is InChI=1S/C13H14F3N3/c14-13(15,16)10-2-1-5-19(8-10)12-6-9(7-17)3-4-11(12)18/h3-4,6,10H,1-2,5,8,18H2. The van der Waals surface area contributed by atoms with Gasteiger partial charge in [0, 0.05) is 13.1 Å². The molecule has 0 radical (unpaired) electrons. The first-order valence-electron chi connectivity index (χ1n) is 6.03. The van der Waals surface area contributed by atoms with Gasteiger partial charge >= 0.3 is 6.18 Å². The van der Waals surface area contributed by atoms with E-state index >= 15 is 0 Å². The highest BCUT2D eigenvalue weighted by Gasteiger charge is 2.42. The predicted octanol–water partition coefficient (Wildman–Crippen LogP) is 2.92. The van der Waals surface area contributed by atoms with Crippen molar-refractivity contribution in [2.24, 2.45) is 5.92 Å². The summed E-state index contributed by atoms with van der Waals surface area (Å²) in [4.78, 5) is 1.62. The Kier molecular flexibility index (Phi) is 3.56. The first kappa shape index (κ1) is 13.5. The van der Waals surface area contributed by atoms with Crippen molar-refractivity contribution in [2.45, 2.75) is 19.0 Å². The number of halogens is 3. The Bertz CT molecular complexity index is 505. The number of anilines is 2. The molecule has 102 valence electrons. The van der Waals surface area contributed by atoms with E-state index in [-0.39, 0.29) is 13.0 Å². The highest BCUT2D eigenvalue weighted by molar-refractivity contribution is 5.69. The van der Waals surface area contributed by atoms with Crippen molar-refractivity contribution in [3.8, 4) is 6.07 Å². The van der Waals surface area contributed by atoms with Crippen molar-refractivity contribution >= 4 is 11.4 Å². The SMILES string of the molecule is N#Cc1ccc(N)c(N2CCCC(C(F)(F)F)C2)c1. The van der Waals surface area contributed by atoms with Gasteiger partial charge < -0.3 is 10.6 Å². The predicted molar refractivity (Wildman–Crippen MR) is 66.6 cm³/mol. The summed E-state index contributed by atoms with van der Waals surface area (Å²) in [6, 6.07) is 6.64. The normalized spacial score (nSPS) is 20.1. The molecule has 6 heteroatoms. The molecule has 1 atom stereocenters. The van der Waals surface area contributed by atoms with Gasteiger partial charge in [-0.25, -0.2) is 0 Å². The lowest BCUT2D eigenvalue weighted by Crippen LogP contribution is -2.42. The molecule has 1 heterocycles. The largest absolute Gasteiger partial charge is 0.397 e. The zero-order chi connectivity index (χ0) is 14.0. The summed E-state index contributed by atoms with van der Waals surface area (Å²) >= 11 is 0. The molecule has 0 saturated carbocycles. The van der Waals surface area contributed by atoms with E-state index in [1.165, 1.54) is 0 Å². The zero-order valence-corrected chi connectivity index (χ0v) is 10.2. The van der Waals surface area contributed by atoms with E-state index in [2.05, 4.69) is 0 Å². The number of nitrogen functional groups attached to an aromatic ring is 1. The average Bonchev–Trinajstić information content (AvgIpc) is 2.38. The summed E-state index contributed by atoms with van der Waals surface area (Å²) < 4.78 is 38.3. The molecular formula is C13H14F3N3. The Hall–Kier alpha value is -1.90. The first-order chi connectivity index (χ1) is 8.91. The van der Waals surface area contributed by atoms with E-state index in [0.717, 1.165) is 0 Å². The lowest BCUT2D eigenvalue weighted by molar-refractivity contribution is -0.175. The van der Waals surface area contributed by atoms with E-state index in [4.69, 9.17) is 11.0 Å². The zero-order valence-electron chi connectivity index (χ0n) is 10.2. The molecule has 0 bridgehead atoms. The molecule has 0 amide bonds. The lowest BCUT2D eigenvalue weighted by Gasteiger charge is -2.35. The van der Waals surface area contributed by atoms with Gasteiger partial charge in [0.2, 0.25) is 0 Å². The summed E-state index contributed by atoms with van der Waals surface area (Å²) in [5, 5.41) is 8.84. The minimum absolute atomic E-state index is 0.0947. The molecule has 1 saturated heterocycles. The van der Waals surface area contributed by atoms with Gasteiger partial charge in [-0.1, -0.05) is 0 Å². The molecule has 19 heavy (non-hydrogen) atoms. The van der Waals surface area contributed by atoms with Gasteiger partial charge in [-0.15, -0.1) is 0 Å². The van der Waals surface area contributed by atoms with Crippen LogP contribution in [0.15, 0.2) is 18.2 Å². The molecule has 2 rings (SSSR count). The number of piperidine rings is 1. The monoisotopic (exact) mass is 269 g/mol. The third kappa shape index (κ3) is 2.92. The van der Waals surface area contributed by atoms with Gasteiger partial charge in [0.25, 0.3) is 0 Å². The number of nitrogens with two attached hydrogens (primary N) is 1. The van der Waals surface area contributed by atoms with Crippen molar-refractivity contribution in [3.05, 3.63) is 23.8 Å². The van der Waals surface area contributed by atoms with Crippen molar-refractivity contribution in [1.82, 2.24) is 0 Å². The summed E-state index contributed by atoms with van der Waals surface area (Å²) in [6.07, 6.45) is -3.56. The number of nitriles is 1. The maximum atomic E-state index is 12.8. The number of alkyl halides is 3. The van der Waals surface area contributed by atoms with Crippen LogP contribution >= 0.6 is 0 Å². The first-order valence-corrected chi connectivity index (χ1v) is 6.03. The summed E-state index contributed by atoms with van der Waals surface area (Å²) in [6.45, 7) is 0.439. The minimum atomic E-state index is -4.18. The van der Waals surface area contributed by atoms with Gasteiger partial charge in [-0.2, -0.15) is 18.4 Å². The molecule has 1 unspecified atom stereocenters. The van der Waals surface area contributed by atoms with Crippen LogP contribution in [0.2, 0.25) is 0 Å². The Labute approximate surface area is 109 Å². The molecule has 1 aromatic carbocycles. The number of benzene rings is 1. The summed E-state index contributed by atoms with van der Waals surface area (Å²) in [5.41, 5.74) is 7.12. The van der Waals surface area contributed by atoms with Crippen molar-refractivity contribution in [3.63, 3.8) is 0 Å². The van der Waals surface area contributed by atoms with Crippen LogP contribution in [0.1, 0.15) is 18.4 Å². The van der Waals surface area contributed by atoms with Crippen LogP contribution in [0.25, 0.3) is 0 Å². The second-order valence-electron chi connectivity index (χ2n) is 4.71. The van der Waals surface area contributed by atoms with E-state index in [9.17, 15) is 13.2 Å². The number of hydrogen-bond donors (Lipinski definition) is 1. The molecule has 0 spiro atoms. The third-order valence-corrected chi connectivity index (χ3v) is 3.38. The van der Waals surface area contributed by atoms with Crippen LogP contribution < -0.4 is 10.6 Å². The molecule has 1 aliphatic heterocycles. The van der Waals surface area contributed by atoms with E-state index < -0.39 is 12.1 Å². The Morgan fingerprint density at radius 1 is 1.37 bits per heavy atom. The molecule has 1 aromatic rings. The van der Waals surface area contributed by atoms with E-state index in [0.29, 0.717) is 29.9 Å². The quantitative estimate of drug-likeness (QED) is 0.797. The van der Waals surface area contributed by atoms with Gasteiger partial charge in [0.1, 0.15) is 0 Å². The molecule has 1 fully saturated rings. The Morgan fingerprint density at radius 3 is 2.74 bits per heavy atom. The summed E-state index contributed by atoms with van der Waals surface area (Å²) in [5.74, 6) is -1.33. The van der Waals surface area contributed by atoms with E-state index in [1.807, 2.05) is 6.07 Å². The van der Waals surface area contributed by atoms with Crippen LogP contribution in [-0.2, 0) is 0 Å². The van der Waals surface area contributed by atoms with Crippen LogP contribution in [0.3, 0.4) is 0 Å². The number of hydrogen-bond acceptors (Lipinski definition) is 3. The van der Waals surface area contributed by atoms with Crippen molar-refractivity contribution in [1.29, 1.82) is 5.26 Å². The fraction of sp³-hybridized carbons (Fsp3) is 0.462. The average molecular weight is 269 g/mol. The second-order valence-corrected chi connectivity index (χ2v) is 4.71. The van der Waals surface area contributed by atoms with Gasteiger partial charge in [0.15, 0.2) is 0 Å². The van der Waals surface area contributed by atoms with Crippen LogP contribution in [-0.4, -0.2) is 19.3 Å². The fourth-order valence-corrected chi connectivity index (χ4v) is 2.35. The van der Waals surface area contributed by atoms with Crippen molar-refractivity contribution < 1.29 is 13.2 Å².